The quantitative estimate of drug-likeness (QED) is 0.910. The van der Waals surface area contributed by atoms with Crippen LogP contribution < -0.4 is 5.32 Å². The van der Waals surface area contributed by atoms with Crippen molar-refractivity contribution in [3.63, 3.8) is 0 Å². The molecule has 0 bridgehead atoms. The van der Waals surface area contributed by atoms with E-state index in [9.17, 15) is 4.79 Å². The smallest absolute Gasteiger partial charge is 0.321 e. The Labute approximate surface area is 131 Å². The molecular formula is C16H23N5O. The van der Waals surface area contributed by atoms with Crippen molar-refractivity contribution in [3.8, 4) is 6.07 Å². The first kappa shape index (κ1) is 16.3. The molecule has 6 heteroatoms. The van der Waals surface area contributed by atoms with E-state index < -0.39 is 0 Å². The first-order valence-electron chi connectivity index (χ1n) is 7.51. The van der Waals surface area contributed by atoms with Gasteiger partial charge in [-0.25, -0.2) is 4.79 Å². The fourth-order valence-corrected chi connectivity index (χ4v) is 2.39. The van der Waals surface area contributed by atoms with Gasteiger partial charge in [0.1, 0.15) is 0 Å². The molecule has 0 unspecified atom stereocenters. The van der Waals surface area contributed by atoms with Crippen molar-refractivity contribution in [3.05, 3.63) is 29.8 Å². The van der Waals surface area contributed by atoms with Gasteiger partial charge in [-0.3, -0.25) is 4.90 Å². The van der Waals surface area contributed by atoms with Gasteiger partial charge in [0.15, 0.2) is 0 Å². The molecule has 6 nitrogen and oxygen atoms in total. The molecule has 1 aliphatic rings. The third kappa shape index (κ3) is 4.72. The molecule has 2 amide bonds. The molecule has 1 N–H and O–H groups in total. The highest BCUT2D eigenvalue weighted by Crippen LogP contribution is 2.11. The Bertz CT molecular complexity index is 544. The molecule has 22 heavy (non-hydrogen) atoms. The van der Waals surface area contributed by atoms with Crippen molar-refractivity contribution in [1.29, 1.82) is 5.26 Å². The van der Waals surface area contributed by atoms with Crippen LogP contribution in [0.15, 0.2) is 24.3 Å². The van der Waals surface area contributed by atoms with E-state index in [1.165, 1.54) is 0 Å². The van der Waals surface area contributed by atoms with Gasteiger partial charge in [0.05, 0.1) is 11.6 Å². The van der Waals surface area contributed by atoms with Crippen molar-refractivity contribution >= 4 is 11.7 Å². The number of hydrogen-bond donors (Lipinski definition) is 1. The summed E-state index contributed by atoms with van der Waals surface area (Å²) in [6.07, 6.45) is 0. The van der Waals surface area contributed by atoms with Crippen molar-refractivity contribution < 1.29 is 4.79 Å². The van der Waals surface area contributed by atoms with Crippen molar-refractivity contribution in [2.75, 3.05) is 58.7 Å². The molecule has 0 saturated carbocycles. The second-order valence-corrected chi connectivity index (χ2v) is 5.75. The average Bonchev–Trinajstić information content (AvgIpc) is 2.53. The lowest BCUT2D eigenvalue weighted by Crippen LogP contribution is -2.51. The highest BCUT2D eigenvalue weighted by atomic mass is 16.2. The van der Waals surface area contributed by atoms with E-state index >= 15 is 0 Å². The fraction of sp³-hybridized carbons (Fsp3) is 0.500. The largest absolute Gasteiger partial charge is 0.322 e. The number of benzene rings is 1. The topological polar surface area (TPSA) is 62.6 Å². The van der Waals surface area contributed by atoms with Crippen LogP contribution in [0.25, 0.3) is 0 Å². The molecule has 1 heterocycles. The average molecular weight is 301 g/mol. The molecule has 118 valence electrons. The van der Waals surface area contributed by atoms with Crippen LogP contribution in [0.1, 0.15) is 5.56 Å². The standard InChI is InChI=1S/C16H23N5O/c1-19(2)6-7-20-8-10-21(11-9-20)16(22)18-15-5-3-4-14(12-15)13-17/h3-5,12H,6-11H2,1-2H3,(H,18,22). The van der Waals surface area contributed by atoms with Crippen molar-refractivity contribution in [2.24, 2.45) is 0 Å². The van der Waals surface area contributed by atoms with E-state index in [-0.39, 0.29) is 6.03 Å². The van der Waals surface area contributed by atoms with Gasteiger partial charge in [-0.1, -0.05) is 6.07 Å². The van der Waals surface area contributed by atoms with Gasteiger partial charge in [-0.05, 0) is 32.3 Å². The third-order valence-corrected chi connectivity index (χ3v) is 3.77. The predicted molar refractivity (Wildman–Crippen MR) is 86.7 cm³/mol. The molecule has 0 aromatic heterocycles. The number of anilines is 1. The van der Waals surface area contributed by atoms with Crippen molar-refractivity contribution in [1.82, 2.24) is 14.7 Å². The number of urea groups is 1. The predicted octanol–water partition coefficient (Wildman–Crippen LogP) is 1.27. The zero-order valence-corrected chi connectivity index (χ0v) is 13.2. The second kappa shape index (κ2) is 7.78. The minimum absolute atomic E-state index is 0.0950. The number of likely N-dealkylation sites (N-methyl/N-ethyl adjacent to an activating group) is 1. The summed E-state index contributed by atoms with van der Waals surface area (Å²) < 4.78 is 0. The molecule has 1 aromatic rings. The van der Waals surface area contributed by atoms with Gasteiger partial charge >= 0.3 is 6.03 Å². The van der Waals surface area contributed by atoms with Gasteiger partial charge in [-0.2, -0.15) is 5.26 Å². The maximum Gasteiger partial charge on any atom is 0.321 e. The normalized spacial score (nSPS) is 15.6. The second-order valence-electron chi connectivity index (χ2n) is 5.75. The Morgan fingerprint density at radius 2 is 2.05 bits per heavy atom. The Balaban J connectivity index is 1.81. The number of amides is 2. The van der Waals surface area contributed by atoms with Crippen molar-refractivity contribution in [2.45, 2.75) is 0 Å². The van der Waals surface area contributed by atoms with Crippen LogP contribution in [-0.4, -0.2) is 74.1 Å². The molecule has 2 rings (SSSR count). The number of carbonyl (C=O) groups excluding carboxylic acids is 1. The highest BCUT2D eigenvalue weighted by Gasteiger charge is 2.20. The van der Waals surface area contributed by atoms with Crippen LogP contribution in [0.5, 0.6) is 0 Å². The Morgan fingerprint density at radius 1 is 1.32 bits per heavy atom. The van der Waals surface area contributed by atoms with Crippen LogP contribution in [-0.2, 0) is 0 Å². The van der Waals surface area contributed by atoms with E-state index in [4.69, 9.17) is 5.26 Å². The molecule has 1 fully saturated rings. The number of hydrogen-bond acceptors (Lipinski definition) is 4. The van der Waals surface area contributed by atoms with Gasteiger partial charge in [-0.15, -0.1) is 0 Å². The lowest BCUT2D eigenvalue weighted by Gasteiger charge is -2.35. The van der Waals surface area contributed by atoms with Gasteiger partial charge in [0, 0.05) is 45.0 Å². The fourth-order valence-electron chi connectivity index (χ4n) is 2.39. The molecule has 1 aromatic carbocycles. The van der Waals surface area contributed by atoms with Gasteiger partial charge < -0.3 is 15.1 Å². The summed E-state index contributed by atoms with van der Waals surface area (Å²) >= 11 is 0. The van der Waals surface area contributed by atoms with Crippen LogP contribution in [0.2, 0.25) is 0 Å². The summed E-state index contributed by atoms with van der Waals surface area (Å²) in [6.45, 7) is 5.34. The minimum atomic E-state index is -0.0950. The van der Waals surface area contributed by atoms with Crippen LogP contribution >= 0.6 is 0 Å². The van der Waals surface area contributed by atoms with Crippen LogP contribution in [0.3, 0.4) is 0 Å². The number of nitriles is 1. The molecule has 0 atom stereocenters. The molecule has 1 saturated heterocycles. The van der Waals surface area contributed by atoms with E-state index in [1.54, 1.807) is 24.3 Å². The summed E-state index contributed by atoms with van der Waals surface area (Å²) in [4.78, 5) is 18.6. The Morgan fingerprint density at radius 3 is 2.68 bits per heavy atom. The number of rotatable bonds is 4. The summed E-state index contributed by atoms with van der Waals surface area (Å²) in [7, 11) is 4.14. The number of piperazine rings is 1. The van der Waals surface area contributed by atoms with E-state index in [0.717, 1.165) is 39.3 Å². The third-order valence-electron chi connectivity index (χ3n) is 3.77. The van der Waals surface area contributed by atoms with E-state index in [1.807, 2.05) is 4.90 Å². The van der Waals surface area contributed by atoms with E-state index in [0.29, 0.717) is 11.3 Å². The van der Waals surface area contributed by atoms with Gasteiger partial charge in [0.25, 0.3) is 0 Å². The Kier molecular flexibility index (Phi) is 5.75. The number of nitrogens with one attached hydrogen (secondary N) is 1. The van der Waals surface area contributed by atoms with Crippen LogP contribution in [0, 0.1) is 11.3 Å². The maximum atomic E-state index is 12.2. The minimum Gasteiger partial charge on any atom is -0.322 e. The maximum absolute atomic E-state index is 12.2. The zero-order chi connectivity index (χ0) is 15.9. The first-order chi connectivity index (χ1) is 10.6. The zero-order valence-electron chi connectivity index (χ0n) is 13.2. The lowest BCUT2D eigenvalue weighted by atomic mass is 10.2. The highest BCUT2D eigenvalue weighted by molar-refractivity contribution is 5.89. The number of nitrogens with zero attached hydrogens (tertiary/aromatic N) is 4. The monoisotopic (exact) mass is 301 g/mol. The lowest BCUT2D eigenvalue weighted by molar-refractivity contribution is 0.140. The number of carbonyl (C=O) groups is 1. The Hall–Kier alpha value is -2.10. The molecule has 0 spiro atoms. The van der Waals surface area contributed by atoms with Gasteiger partial charge in [0.2, 0.25) is 0 Å². The first-order valence-corrected chi connectivity index (χ1v) is 7.51. The summed E-state index contributed by atoms with van der Waals surface area (Å²) in [6, 6.07) is 8.95. The summed E-state index contributed by atoms with van der Waals surface area (Å²) in [5.41, 5.74) is 1.21. The SMILES string of the molecule is CN(C)CCN1CCN(C(=O)Nc2cccc(C#N)c2)CC1. The van der Waals surface area contributed by atoms with Crippen LogP contribution in [0.4, 0.5) is 10.5 Å². The molecule has 1 aliphatic heterocycles. The molecule has 0 aliphatic carbocycles. The summed E-state index contributed by atoms with van der Waals surface area (Å²) in [5.74, 6) is 0. The molecular weight excluding hydrogens is 278 g/mol. The summed E-state index contributed by atoms with van der Waals surface area (Å²) in [5, 5.41) is 11.7. The van der Waals surface area contributed by atoms with E-state index in [2.05, 4.69) is 35.3 Å². The molecule has 0 radical (unpaired) electrons.